The first-order chi connectivity index (χ1) is 13.3. The highest BCUT2D eigenvalue weighted by Crippen LogP contribution is 2.35. The fraction of sp³-hybridized carbons (Fsp3) is 0.579. The highest BCUT2D eigenvalue weighted by atomic mass is 16.6. The largest absolute Gasteiger partial charge is 0.493 e. The zero-order valence-corrected chi connectivity index (χ0v) is 16.6. The average Bonchev–Trinajstić information content (AvgIpc) is 2.64. The number of benzene rings is 1. The van der Waals surface area contributed by atoms with Gasteiger partial charge in [0.1, 0.15) is 5.56 Å². The summed E-state index contributed by atoms with van der Waals surface area (Å²) in [5.41, 5.74) is -0.764. The lowest BCUT2D eigenvalue weighted by Gasteiger charge is -2.34. The molecule has 28 heavy (non-hydrogen) atoms. The number of hydrogen-bond donors (Lipinski definition) is 0. The van der Waals surface area contributed by atoms with Crippen molar-refractivity contribution in [3.05, 3.63) is 27.8 Å². The van der Waals surface area contributed by atoms with Gasteiger partial charge in [-0.1, -0.05) is 13.8 Å². The Morgan fingerprint density at radius 3 is 2.39 bits per heavy atom. The van der Waals surface area contributed by atoms with Gasteiger partial charge in [-0.2, -0.15) is 0 Å². The SMILES string of the molecule is CCOc1cc(C(=O)OCC(=O)N2C[C@H](C)C[C@@H](C)C2)c([N+](=O)[O-])cc1OC. The van der Waals surface area contributed by atoms with E-state index in [1.54, 1.807) is 11.8 Å². The maximum Gasteiger partial charge on any atom is 0.345 e. The predicted molar refractivity (Wildman–Crippen MR) is 101 cm³/mol. The Hall–Kier alpha value is -2.84. The van der Waals surface area contributed by atoms with Gasteiger partial charge in [-0.05, 0) is 25.2 Å². The van der Waals surface area contributed by atoms with Crippen LogP contribution in [0.2, 0.25) is 0 Å². The summed E-state index contributed by atoms with van der Waals surface area (Å²) >= 11 is 0. The van der Waals surface area contributed by atoms with Crippen molar-refractivity contribution in [2.75, 3.05) is 33.4 Å². The number of nitro benzene ring substituents is 1. The second-order valence-corrected chi connectivity index (χ2v) is 7.03. The second kappa shape index (κ2) is 9.38. The highest BCUT2D eigenvalue weighted by Gasteiger charge is 2.29. The van der Waals surface area contributed by atoms with Gasteiger partial charge in [0.05, 0.1) is 24.7 Å². The molecule has 1 fully saturated rings. The van der Waals surface area contributed by atoms with E-state index in [-0.39, 0.29) is 29.6 Å². The van der Waals surface area contributed by atoms with Crippen LogP contribution in [0.5, 0.6) is 11.5 Å². The van der Waals surface area contributed by atoms with E-state index < -0.39 is 23.2 Å². The minimum Gasteiger partial charge on any atom is -0.493 e. The molecule has 1 aromatic carbocycles. The van der Waals surface area contributed by atoms with Crippen molar-refractivity contribution in [1.82, 2.24) is 4.90 Å². The van der Waals surface area contributed by atoms with E-state index in [0.29, 0.717) is 24.9 Å². The topological polar surface area (TPSA) is 108 Å². The monoisotopic (exact) mass is 394 g/mol. The number of nitrogens with zero attached hydrogens (tertiary/aromatic N) is 2. The first kappa shape index (κ1) is 21.5. The predicted octanol–water partition coefficient (Wildman–Crippen LogP) is 2.66. The van der Waals surface area contributed by atoms with E-state index in [2.05, 4.69) is 13.8 Å². The second-order valence-electron chi connectivity index (χ2n) is 7.03. The van der Waals surface area contributed by atoms with Crippen molar-refractivity contribution in [1.29, 1.82) is 0 Å². The normalized spacial score (nSPS) is 19.1. The Bertz CT molecular complexity index is 740. The number of carbonyl (C=O) groups excluding carboxylic acids is 2. The molecule has 0 N–H and O–H groups in total. The van der Waals surface area contributed by atoms with Crippen LogP contribution in [0.4, 0.5) is 5.69 Å². The Balaban J connectivity index is 2.15. The summed E-state index contributed by atoms with van der Waals surface area (Å²) in [6.45, 7) is 6.90. The molecule has 9 nitrogen and oxygen atoms in total. The molecule has 1 aromatic rings. The summed E-state index contributed by atoms with van der Waals surface area (Å²) in [4.78, 5) is 37.1. The Morgan fingerprint density at radius 2 is 1.86 bits per heavy atom. The van der Waals surface area contributed by atoms with Gasteiger partial charge in [0.25, 0.3) is 11.6 Å². The van der Waals surface area contributed by atoms with Gasteiger partial charge >= 0.3 is 5.97 Å². The molecule has 2 rings (SSSR count). The third kappa shape index (κ3) is 5.11. The number of amides is 1. The molecular weight excluding hydrogens is 368 g/mol. The smallest absolute Gasteiger partial charge is 0.345 e. The summed E-state index contributed by atoms with van der Waals surface area (Å²) < 4.78 is 15.5. The number of ether oxygens (including phenoxy) is 3. The fourth-order valence-electron chi connectivity index (χ4n) is 3.45. The van der Waals surface area contributed by atoms with E-state index in [1.165, 1.54) is 13.2 Å². The Morgan fingerprint density at radius 1 is 1.21 bits per heavy atom. The number of carbonyl (C=O) groups is 2. The van der Waals surface area contributed by atoms with Crippen LogP contribution in [0.3, 0.4) is 0 Å². The fourth-order valence-corrected chi connectivity index (χ4v) is 3.45. The van der Waals surface area contributed by atoms with E-state index in [0.717, 1.165) is 12.5 Å². The highest BCUT2D eigenvalue weighted by molar-refractivity contribution is 5.96. The maximum absolute atomic E-state index is 12.4. The van der Waals surface area contributed by atoms with Crippen molar-refractivity contribution in [3.8, 4) is 11.5 Å². The number of nitro groups is 1. The number of rotatable bonds is 7. The quantitative estimate of drug-likeness (QED) is 0.397. The first-order valence-electron chi connectivity index (χ1n) is 9.20. The van der Waals surface area contributed by atoms with Crippen LogP contribution in [-0.2, 0) is 9.53 Å². The summed E-state index contributed by atoms with van der Waals surface area (Å²) in [6.07, 6.45) is 1.04. The molecule has 1 saturated heterocycles. The molecule has 1 heterocycles. The lowest BCUT2D eigenvalue weighted by atomic mass is 9.92. The lowest BCUT2D eigenvalue weighted by Crippen LogP contribution is -2.44. The summed E-state index contributed by atoms with van der Waals surface area (Å²) in [7, 11) is 1.35. The minimum absolute atomic E-state index is 0.137. The first-order valence-corrected chi connectivity index (χ1v) is 9.20. The third-order valence-electron chi connectivity index (χ3n) is 4.55. The van der Waals surface area contributed by atoms with Gasteiger partial charge in [-0.3, -0.25) is 14.9 Å². The van der Waals surface area contributed by atoms with Gasteiger partial charge in [0, 0.05) is 19.2 Å². The molecule has 2 atom stereocenters. The molecule has 0 spiro atoms. The van der Waals surface area contributed by atoms with Gasteiger partial charge in [0.2, 0.25) is 0 Å². The van der Waals surface area contributed by atoms with Crippen LogP contribution in [0.15, 0.2) is 12.1 Å². The van der Waals surface area contributed by atoms with Gasteiger partial charge in [0.15, 0.2) is 18.1 Å². The molecule has 0 saturated carbocycles. The van der Waals surface area contributed by atoms with E-state index >= 15 is 0 Å². The van der Waals surface area contributed by atoms with Gasteiger partial charge < -0.3 is 19.1 Å². The third-order valence-corrected chi connectivity index (χ3v) is 4.55. The van der Waals surface area contributed by atoms with Crippen molar-refractivity contribution in [2.24, 2.45) is 11.8 Å². The van der Waals surface area contributed by atoms with Gasteiger partial charge in [-0.15, -0.1) is 0 Å². The number of esters is 1. The van der Waals surface area contributed by atoms with Crippen LogP contribution < -0.4 is 9.47 Å². The van der Waals surface area contributed by atoms with Crippen molar-refractivity contribution < 1.29 is 28.7 Å². The number of piperidine rings is 1. The standard InChI is InChI=1S/C19H26N2O7/c1-5-27-17-7-14(15(21(24)25)8-16(17)26-4)19(23)28-11-18(22)20-9-12(2)6-13(3)10-20/h7-8,12-13H,5-6,9-11H2,1-4H3/t12-,13-/m1/s1. The molecule has 1 aliphatic heterocycles. The van der Waals surface area contributed by atoms with Crippen LogP contribution in [0.1, 0.15) is 37.6 Å². The Labute approximate surface area is 163 Å². The molecule has 0 unspecified atom stereocenters. The van der Waals surface area contributed by atoms with Crippen LogP contribution in [0.25, 0.3) is 0 Å². The average molecular weight is 394 g/mol. The van der Waals surface area contributed by atoms with Crippen LogP contribution in [0, 0.1) is 22.0 Å². The molecule has 0 aliphatic carbocycles. The molecule has 154 valence electrons. The number of likely N-dealkylation sites (tertiary alicyclic amines) is 1. The molecule has 9 heteroatoms. The zero-order chi connectivity index (χ0) is 20.8. The van der Waals surface area contributed by atoms with E-state index in [4.69, 9.17) is 14.2 Å². The van der Waals surface area contributed by atoms with Crippen molar-refractivity contribution >= 4 is 17.6 Å². The van der Waals surface area contributed by atoms with E-state index in [1.807, 2.05) is 0 Å². The van der Waals surface area contributed by atoms with Crippen LogP contribution >= 0.6 is 0 Å². The van der Waals surface area contributed by atoms with Crippen LogP contribution in [-0.4, -0.2) is 55.1 Å². The molecule has 1 aliphatic rings. The molecule has 1 amide bonds. The minimum atomic E-state index is -0.957. The summed E-state index contributed by atoms with van der Waals surface area (Å²) in [5, 5.41) is 11.3. The molecule has 0 aromatic heterocycles. The van der Waals surface area contributed by atoms with E-state index in [9.17, 15) is 19.7 Å². The molecular formula is C19H26N2O7. The molecule has 0 radical (unpaired) electrons. The summed E-state index contributed by atoms with van der Waals surface area (Å²) in [6, 6.07) is 2.32. The Kier molecular flexibility index (Phi) is 7.19. The van der Waals surface area contributed by atoms with Crippen molar-refractivity contribution in [3.63, 3.8) is 0 Å². The maximum atomic E-state index is 12.4. The number of methoxy groups -OCH3 is 1. The number of hydrogen-bond acceptors (Lipinski definition) is 7. The van der Waals surface area contributed by atoms with Crippen molar-refractivity contribution in [2.45, 2.75) is 27.2 Å². The lowest BCUT2D eigenvalue weighted by molar-refractivity contribution is -0.385. The summed E-state index contributed by atoms with van der Waals surface area (Å²) in [5.74, 6) is -0.195. The molecule has 0 bridgehead atoms. The zero-order valence-electron chi connectivity index (χ0n) is 16.6. The van der Waals surface area contributed by atoms with Gasteiger partial charge in [-0.25, -0.2) is 4.79 Å².